The third-order valence-corrected chi connectivity index (χ3v) is 19.2. The number of urea groups is 1. The number of anilines is 1. The number of imide groups is 1. The van der Waals surface area contributed by atoms with Gasteiger partial charge < -0.3 is 38.9 Å². The molecule has 0 aliphatic carbocycles. The first-order chi connectivity index (χ1) is 48.6. The standard InChI is InChI=1S/C77H110N10O12S2/c1-5-52-36-40-56(41-37-52)70(92)71(93)64(32-19-21-44-78)83-76(98)67(47-55-26-13-8-14-27-55)86-87-75(97)58(29-16-10-18-35-69(91)63(81)51-101-4)49-61(89)31-23-30-60(88)48-57(28-15-9-17-34-68(90)62(80)50-100-3)74(96)85-77(99)84-65(33-20-22-45-79)72(94)73(95)66(46-54-24-11-7-12-25-54)82-59-42-38-53(6-2)39-43-59/h7-8,11-14,24-27,36-43,57-58,62-67,82,86H,5-6,9-10,15-23,28-35,44-51,78-81H2,1-4H3,(H,83,98)(H,87,97)(H2,84,85,96,99)/t57?,58?,62?,63?,64-,65-,66-,67-/m0/s1. The fourth-order valence-electron chi connectivity index (χ4n) is 11.7. The summed E-state index contributed by atoms with van der Waals surface area (Å²) in [6, 6.07) is 25.4. The lowest BCUT2D eigenvalue weighted by molar-refractivity contribution is -0.138. The molecule has 101 heavy (non-hydrogen) atoms. The van der Waals surface area contributed by atoms with Crippen molar-refractivity contribution in [2.24, 2.45) is 34.8 Å². The number of hydrazine groups is 1. The van der Waals surface area contributed by atoms with Crippen LogP contribution in [0.2, 0.25) is 0 Å². The zero-order valence-corrected chi connectivity index (χ0v) is 61.2. The molecule has 0 saturated heterocycles. The first-order valence-corrected chi connectivity index (χ1v) is 38.6. The van der Waals surface area contributed by atoms with Crippen LogP contribution in [-0.4, -0.2) is 143 Å². The van der Waals surface area contributed by atoms with E-state index in [1.165, 1.54) is 23.5 Å². The van der Waals surface area contributed by atoms with Gasteiger partial charge in [0.25, 0.3) is 0 Å². The molecule has 0 aliphatic heterocycles. The Bertz CT molecular complexity index is 3250. The van der Waals surface area contributed by atoms with Crippen LogP contribution >= 0.6 is 23.5 Å². The number of carbonyl (C=O) groups is 12. The van der Waals surface area contributed by atoms with Gasteiger partial charge in [0.05, 0.1) is 30.2 Å². The van der Waals surface area contributed by atoms with E-state index in [4.69, 9.17) is 22.9 Å². The van der Waals surface area contributed by atoms with Gasteiger partial charge in [-0.3, -0.25) is 63.5 Å². The van der Waals surface area contributed by atoms with E-state index in [2.05, 4.69) is 32.1 Å². The Balaban J connectivity index is 1.51. The number of hydrogen-bond acceptors (Lipinski definition) is 20. The third kappa shape index (κ3) is 33.0. The lowest BCUT2D eigenvalue weighted by Crippen LogP contribution is -2.57. The topological polar surface area (TPSA) is 381 Å². The largest absolute Gasteiger partial charge is 0.375 e. The van der Waals surface area contributed by atoms with Crippen LogP contribution in [0.1, 0.15) is 181 Å². The van der Waals surface area contributed by atoms with Gasteiger partial charge >= 0.3 is 6.03 Å². The number of thioether (sulfide) groups is 2. The first kappa shape index (κ1) is 85.8. The van der Waals surface area contributed by atoms with Crippen LogP contribution in [0, 0.1) is 11.8 Å². The predicted octanol–water partition coefficient (Wildman–Crippen LogP) is 8.34. The van der Waals surface area contributed by atoms with E-state index in [1.54, 1.807) is 54.6 Å². The fourth-order valence-corrected chi connectivity index (χ4v) is 12.8. The Morgan fingerprint density at radius 1 is 0.426 bits per heavy atom. The van der Waals surface area contributed by atoms with Crippen LogP contribution in [0.4, 0.5) is 10.5 Å². The van der Waals surface area contributed by atoms with Crippen molar-refractivity contribution in [3.05, 3.63) is 137 Å². The van der Waals surface area contributed by atoms with E-state index in [0.717, 1.165) is 29.5 Å². The van der Waals surface area contributed by atoms with Gasteiger partial charge in [0, 0.05) is 79.5 Å². The summed E-state index contributed by atoms with van der Waals surface area (Å²) in [6.07, 6.45) is 10.3. The van der Waals surface area contributed by atoms with Gasteiger partial charge in [-0.25, -0.2) is 10.2 Å². The van der Waals surface area contributed by atoms with Crippen LogP contribution in [0.5, 0.6) is 0 Å². The van der Waals surface area contributed by atoms with E-state index < -0.39 is 95.0 Å². The SMILES string of the molecule is CCc1ccc(N[C@@H](Cc2ccccc2)C(=O)C(=O)[C@H](CCCCN)NC(=O)NC(=O)C(CCCCCC(=O)C(N)CSC)CC(=O)CCCC(=O)CC(CCCCCC(=O)C(N)CSC)C(=O)NN[C@@H](Cc2ccccc2)C(=O)N[C@@H](CCCCN)C(=O)C(=O)c2ccc(CC)cc2)cc1. The number of hydrogen-bond donors (Lipinski definition) is 10. The van der Waals surface area contributed by atoms with Crippen LogP contribution in [0.3, 0.4) is 0 Å². The molecule has 22 nitrogen and oxygen atoms in total. The Hall–Kier alpha value is -7.58. The summed E-state index contributed by atoms with van der Waals surface area (Å²) < 4.78 is 0. The Kier molecular flexibility index (Phi) is 41.7. The number of nitrogens with two attached hydrogens (primary N) is 4. The van der Waals surface area contributed by atoms with Crippen LogP contribution in [0.15, 0.2) is 109 Å². The molecule has 0 saturated carbocycles. The third-order valence-electron chi connectivity index (χ3n) is 17.8. The highest BCUT2D eigenvalue weighted by atomic mass is 32.2. The van der Waals surface area contributed by atoms with Crippen molar-refractivity contribution in [3.8, 4) is 0 Å². The molecular weight excluding hydrogens is 1320 g/mol. The highest BCUT2D eigenvalue weighted by molar-refractivity contribution is 7.98. The predicted molar refractivity (Wildman–Crippen MR) is 401 cm³/mol. The molecule has 0 bridgehead atoms. The van der Waals surface area contributed by atoms with Gasteiger partial charge in [-0.05, 0) is 150 Å². The number of unbranched alkanes of at least 4 members (excludes halogenated alkanes) is 6. The molecule has 14 N–H and O–H groups in total. The Labute approximate surface area is 605 Å². The maximum absolute atomic E-state index is 14.4. The average Bonchev–Trinajstić information content (AvgIpc) is 0.865. The highest BCUT2D eigenvalue weighted by Gasteiger charge is 2.35. The van der Waals surface area contributed by atoms with E-state index in [1.807, 2.05) is 81.0 Å². The summed E-state index contributed by atoms with van der Waals surface area (Å²) in [5.41, 5.74) is 33.6. The van der Waals surface area contributed by atoms with Gasteiger partial charge in [-0.1, -0.05) is 137 Å². The Morgan fingerprint density at radius 2 is 0.871 bits per heavy atom. The molecule has 0 spiro atoms. The van der Waals surface area contributed by atoms with E-state index in [9.17, 15) is 57.5 Å². The van der Waals surface area contributed by atoms with Gasteiger partial charge in [-0.2, -0.15) is 23.5 Å². The number of aryl methyl sites for hydroxylation is 2. The number of benzene rings is 4. The van der Waals surface area contributed by atoms with Gasteiger partial charge in [0.15, 0.2) is 0 Å². The molecule has 5 amide bonds. The normalized spacial score (nSPS) is 13.6. The summed E-state index contributed by atoms with van der Waals surface area (Å²) in [5, 5.41) is 10.9. The minimum absolute atomic E-state index is 0.0427. The molecular formula is C77H110N10O12S2. The van der Waals surface area contributed by atoms with Crippen molar-refractivity contribution >= 4 is 99.2 Å². The molecule has 0 aliphatic rings. The second-order valence-corrected chi connectivity index (χ2v) is 27.7. The molecule has 8 atom stereocenters. The summed E-state index contributed by atoms with van der Waals surface area (Å²) in [5.74, 6) is -7.25. The number of Topliss-reactive ketones (excluding diaryl/α,β-unsaturated/α-hetero) is 8. The minimum Gasteiger partial charge on any atom is -0.375 e. The molecule has 552 valence electrons. The number of ketones is 8. The minimum atomic E-state index is -1.34. The number of rotatable bonds is 55. The zero-order valence-electron chi connectivity index (χ0n) is 59.5. The summed E-state index contributed by atoms with van der Waals surface area (Å²) >= 11 is 2.93. The van der Waals surface area contributed by atoms with Crippen LogP contribution < -0.4 is 55.1 Å². The van der Waals surface area contributed by atoms with E-state index >= 15 is 0 Å². The van der Waals surface area contributed by atoms with E-state index in [-0.39, 0.29) is 119 Å². The summed E-state index contributed by atoms with van der Waals surface area (Å²) in [4.78, 5) is 166. The van der Waals surface area contributed by atoms with Crippen molar-refractivity contribution in [1.29, 1.82) is 0 Å². The lowest BCUT2D eigenvalue weighted by atomic mass is 9.91. The second kappa shape index (κ2) is 49.1. The second-order valence-electron chi connectivity index (χ2n) is 25.9. The zero-order chi connectivity index (χ0) is 73.9. The molecule has 4 aromatic carbocycles. The molecule has 0 heterocycles. The van der Waals surface area contributed by atoms with Crippen molar-refractivity contribution in [2.75, 3.05) is 42.4 Å². The highest BCUT2D eigenvalue weighted by Crippen LogP contribution is 2.23. The molecule has 0 aromatic heterocycles. The van der Waals surface area contributed by atoms with Crippen molar-refractivity contribution < 1.29 is 57.5 Å². The van der Waals surface area contributed by atoms with Gasteiger partial charge in [0.1, 0.15) is 29.2 Å². The van der Waals surface area contributed by atoms with Crippen LogP contribution in [0.25, 0.3) is 0 Å². The molecule has 4 rings (SSSR count). The smallest absolute Gasteiger partial charge is 0.322 e. The lowest BCUT2D eigenvalue weighted by Gasteiger charge is -2.24. The quantitative estimate of drug-likeness (QED) is 0.00859. The fraction of sp³-hybridized carbons (Fsp3) is 0.532. The molecule has 4 unspecified atom stereocenters. The number of nitrogens with one attached hydrogen (secondary N) is 6. The molecule has 0 radical (unpaired) electrons. The van der Waals surface area contributed by atoms with Crippen LogP contribution in [-0.2, 0) is 73.6 Å². The van der Waals surface area contributed by atoms with Gasteiger partial charge in [0.2, 0.25) is 40.9 Å². The first-order valence-electron chi connectivity index (χ1n) is 35.8. The van der Waals surface area contributed by atoms with E-state index in [0.29, 0.717) is 93.5 Å². The van der Waals surface area contributed by atoms with Crippen molar-refractivity contribution in [1.82, 2.24) is 26.8 Å². The average molecular weight is 1430 g/mol. The van der Waals surface area contributed by atoms with Crippen molar-refractivity contribution in [3.63, 3.8) is 0 Å². The number of carbonyl (C=O) groups excluding carboxylic acids is 12. The maximum atomic E-state index is 14.4. The maximum Gasteiger partial charge on any atom is 0.322 e. The number of amides is 5. The van der Waals surface area contributed by atoms with Gasteiger partial charge in [-0.15, -0.1) is 0 Å². The summed E-state index contributed by atoms with van der Waals surface area (Å²) in [6.45, 7) is 4.61. The Morgan fingerprint density at radius 3 is 1.35 bits per heavy atom. The summed E-state index contributed by atoms with van der Waals surface area (Å²) in [7, 11) is 0. The molecule has 0 fully saturated rings. The van der Waals surface area contributed by atoms with Crippen molar-refractivity contribution in [2.45, 2.75) is 211 Å². The molecule has 24 heteroatoms. The molecule has 4 aromatic rings. The monoisotopic (exact) mass is 1430 g/mol.